The van der Waals surface area contributed by atoms with Crippen LogP contribution in [0.5, 0.6) is 11.5 Å². The van der Waals surface area contributed by atoms with Crippen molar-refractivity contribution in [2.45, 2.75) is 13.0 Å². The second kappa shape index (κ2) is 6.48. The summed E-state index contributed by atoms with van der Waals surface area (Å²) in [6.07, 6.45) is 0.478. The Kier molecular flexibility index (Phi) is 4.41. The fourth-order valence-corrected chi connectivity index (χ4v) is 2.36. The first-order valence-corrected chi connectivity index (χ1v) is 7.45. The maximum atomic E-state index is 12.1. The van der Waals surface area contributed by atoms with E-state index in [1.54, 1.807) is 37.3 Å². The molecule has 0 bridgehead atoms. The molecule has 0 amide bonds. The van der Waals surface area contributed by atoms with Crippen LogP contribution in [0.25, 0.3) is 11.1 Å². The number of ether oxygens (including phenoxy) is 2. The van der Waals surface area contributed by atoms with Crippen molar-refractivity contribution < 1.29 is 18.7 Å². The quantitative estimate of drug-likeness (QED) is 0.511. The van der Waals surface area contributed by atoms with Gasteiger partial charge in [-0.15, -0.1) is 0 Å². The van der Waals surface area contributed by atoms with Crippen LogP contribution in [0.2, 0.25) is 10.0 Å². The van der Waals surface area contributed by atoms with E-state index in [2.05, 4.69) is 4.98 Å². The van der Waals surface area contributed by atoms with Crippen LogP contribution in [0.1, 0.15) is 6.92 Å². The van der Waals surface area contributed by atoms with Gasteiger partial charge in [0.15, 0.2) is 18.1 Å². The molecule has 1 unspecified atom stereocenters. The van der Waals surface area contributed by atoms with Gasteiger partial charge in [-0.05, 0) is 37.3 Å². The van der Waals surface area contributed by atoms with Gasteiger partial charge in [0.2, 0.25) is 0 Å². The third-order valence-electron chi connectivity index (χ3n) is 3.05. The predicted octanol–water partition coefficient (Wildman–Crippen LogP) is 4.51. The van der Waals surface area contributed by atoms with Crippen molar-refractivity contribution >= 4 is 40.3 Å². The lowest BCUT2D eigenvalue weighted by molar-refractivity contribution is -0.141. The SMILES string of the molecule is CC(Oc1ccc(Cl)cc1Cl)C(=O)Oc1ccc2ocnc2c1. The first-order valence-electron chi connectivity index (χ1n) is 6.69. The summed E-state index contributed by atoms with van der Waals surface area (Å²) in [5, 5.41) is 0.805. The predicted molar refractivity (Wildman–Crippen MR) is 86.2 cm³/mol. The largest absolute Gasteiger partial charge is 0.477 e. The molecule has 1 atom stereocenters. The van der Waals surface area contributed by atoms with Gasteiger partial charge in [-0.1, -0.05) is 23.2 Å². The highest BCUT2D eigenvalue weighted by Gasteiger charge is 2.19. The Labute approximate surface area is 141 Å². The zero-order valence-corrected chi connectivity index (χ0v) is 13.5. The number of benzene rings is 2. The molecule has 0 N–H and O–H groups in total. The van der Waals surface area contributed by atoms with Crippen LogP contribution >= 0.6 is 23.2 Å². The summed E-state index contributed by atoms with van der Waals surface area (Å²) in [6, 6.07) is 9.66. The van der Waals surface area contributed by atoms with E-state index in [0.29, 0.717) is 32.6 Å². The van der Waals surface area contributed by atoms with E-state index in [9.17, 15) is 4.79 Å². The Morgan fingerprint density at radius 3 is 2.83 bits per heavy atom. The fourth-order valence-electron chi connectivity index (χ4n) is 1.91. The van der Waals surface area contributed by atoms with E-state index in [-0.39, 0.29) is 0 Å². The third-order valence-corrected chi connectivity index (χ3v) is 3.58. The first kappa shape index (κ1) is 15.6. The fraction of sp³-hybridized carbons (Fsp3) is 0.125. The molecule has 23 heavy (non-hydrogen) atoms. The number of oxazole rings is 1. The zero-order valence-electron chi connectivity index (χ0n) is 12.0. The molecule has 7 heteroatoms. The Hall–Kier alpha value is -2.24. The summed E-state index contributed by atoms with van der Waals surface area (Å²) >= 11 is 11.8. The van der Waals surface area contributed by atoms with Gasteiger partial charge < -0.3 is 13.9 Å². The van der Waals surface area contributed by atoms with Crippen molar-refractivity contribution in [1.82, 2.24) is 4.98 Å². The van der Waals surface area contributed by atoms with E-state index in [4.69, 9.17) is 37.1 Å². The number of carbonyl (C=O) groups is 1. The number of esters is 1. The first-order chi connectivity index (χ1) is 11.0. The monoisotopic (exact) mass is 351 g/mol. The Balaban J connectivity index is 1.69. The summed E-state index contributed by atoms with van der Waals surface area (Å²) in [5.74, 6) is 0.153. The minimum absolute atomic E-state index is 0.321. The molecule has 0 aliphatic heterocycles. The van der Waals surface area contributed by atoms with E-state index < -0.39 is 12.1 Å². The van der Waals surface area contributed by atoms with Gasteiger partial charge in [0.05, 0.1) is 5.02 Å². The van der Waals surface area contributed by atoms with Gasteiger partial charge in [0, 0.05) is 11.1 Å². The molecule has 0 radical (unpaired) electrons. The second-order valence-electron chi connectivity index (χ2n) is 4.74. The van der Waals surface area contributed by atoms with E-state index in [1.807, 2.05) is 0 Å². The molecule has 1 aromatic heterocycles. The minimum atomic E-state index is -0.846. The van der Waals surface area contributed by atoms with Crippen molar-refractivity contribution in [2.24, 2.45) is 0 Å². The molecule has 0 aliphatic rings. The lowest BCUT2D eigenvalue weighted by Gasteiger charge is -2.14. The molecule has 3 rings (SSSR count). The standard InChI is InChI=1S/C16H11Cl2NO4/c1-9(22-14-4-2-10(17)6-12(14)18)16(20)23-11-3-5-15-13(7-11)19-8-21-15/h2-9H,1H3. The molecule has 0 spiro atoms. The molecule has 2 aromatic carbocycles. The van der Waals surface area contributed by atoms with Crippen LogP contribution in [0, 0.1) is 0 Å². The van der Waals surface area contributed by atoms with E-state index >= 15 is 0 Å². The van der Waals surface area contributed by atoms with Gasteiger partial charge in [-0.2, -0.15) is 0 Å². The van der Waals surface area contributed by atoms with E-state index in [0.717, 1.165) is 0 Å². The highest BCUT2D eigenvalue weighted by molar-refractivity contribution is 6.35. The summed E-state index contributed by atoms with van der Waals surface area (Å²) in [7, 11) is 0. The molecule has 0 aliphatic carbocycles. The van der Waals surface area contributed by atoms with Crippen LogP contribution in [-0.4, -0.2) is 17.1 Å². The van der Waals surface area contributed by atoms with Crippen LogP contribution in [-0.2, 0) is 4.79 Å². The van der Waals surface area contributed by atoms with Crippen LogP contribution in [0.4, 0.5) is 0 Å². The normalized spacial score (nSPS) is 12.1. The molecule has 1 heterocycles. The summed E-state index contributed by atoms with van der Waals surface area (Å²) in [5.41, 5.74) is 1.21. The van der Waals surface area contributed by atoms with Crippen molar-refractivity contribution in [3.8, 4) is 11.5 Å². The highest BCUT2D eigenvalue weighted by Crippen LogP contribution is 2.28. The number of hydrogen-bond acceptors (Lipinski definition) is 5. The van der Waals surface area contributed by atoms with Crippen molar-refractivity contribution in [2.75, 3.05) is 0 Å². The maximum Gasteiger partial charge on any atom is 0.352 e. The van der Waals surface area contributed by atoms with Gasteiger partial charge in [-0.3, -0.25) is 0 Å². The number of fused-ring (bicyclic) bond motifs is 1. The number of carbonyl (C=O) groups excluding carboxylic acids is 1. The highest BCUT2D eigenvalue weighted by atomic mass is 35.5. The molecule has 0 saturated heterocycles. The summed E-state index contributed by atoms with van der Waals surface area (Å²) < 4.78 is 15.9. The zero-order chi connectivity index (χ0) is 16.4. The smallest absolute Gasteiger partial charge is 0.352 e. The number of hydrogen-bond donors (Lipinski definition) is 0. The number of rotatable bonds is 4. The topological polar surface area (TPSA) is 61.6 Å². The number of nitrogens with zero attached hydrogens (tertiary/aromatic N) is 1. The molecular weight excluding hydrogens is 341 g/mol. The lowest BCUT2D eigenvalue weighted by Crippen LogP contribution is -2.28. The second-order valence-corrected chi connectivity index (χ2v) is 5.58. The van der Waals surface area contributed by atoms with Crippen molar-refractivity contribution in [3.63, 3.8) is 0 Å². The summed E-state index contributed by atoms with van der Waals surface area (Å²) in [6.45, 7) is 1.57. The van der Waals surface area contributed by atoms with Crippen LogP contribution in [0.15, 0.2) is 47.2 Å². The van der Waals surface area contributed by atoms with Gasteiger partial charge in [-0.25, -0.2) is 9.78 Å². The maximum absolute atomic E-state index is 12.1. The molecular formula is C16H11Cl2NO4. The van der Waals surface area contributed by atoms with Gasteiger partial charge in [0.25, 0.3) is 0 Å². The summed E-state index contributed by atoms with van der Waals surface area (Å²) in [4.78, 5) is 16.1. The average molecular weight is 352 g/mol. The molecule has 0 fully saturated rings. The minimum Gasteiger partial charge on any atom is -0.477 e. The number of aromatic nitrogens is 1. The Bertz CT molecular complexity index is 862. The van der Waals surface area contributed by atoms with Crippen molar-refractivity contribution in [1.29, 1.82) is 0 Å². The Morgan fingerprint density at radius 2 is 2.04 bits per heavy atom. The molecule has 0 saturated carbocycles. The van der Waals surface area contributed by atoms with Gasteiger partial charge in [0.1, 0.15) is 17.0 Å². The molecule has 118 valence electrons. The molecule has 3 aromatic rings. The Morgan fingerprint density at radius 1 is 1.22 bits per heavy atom. The van der Waals surface area contributed by atoms with Gasteiger partial charge >= 0.3 is 5.97 Å². The molecule has 5 nitrogen and oxygen atoms in total. The average Bonchev–Trinajstić information content (AvgIpc) is 2.97. The number of halogens is 2. The lowest BCUT2D eigenvalue weighted by atomic mass is 10.3. The third kappa shape index (κ3) is 3.57. The van der Waals surface area contributed by atoms with Crippen LogP contribution in [0.3, 0.4) is 0 Å². The van der Waals surface area contributed by atoms with Crippen molar-refractivity contribution in [3.05, 3.63) is 52.8 Å². The van der Waals surface area contributed by atoms with E-state index in [1.165, 1.54) is 12.5 Å². The van der Waals surface area contributed by atoms with Crippen LogP contribution < -0.4 is 9.47 Å².